The van der Waals surface area contributed by atoms with Crippen molar-refractivity contribution in [2.75, 3.05) is 23.7 Å². The van der Waals surface area contributed by atoms with Crippen molar-refractivity contribution in [3.8, 4) is 0 Å². The third-order valence-electron chi connectivity index (χ3n) is 2.69. The molecule has 0 saturated carbocycles. The fourth-order valence-electron chi connectivity index (χ4n) is 1.82. The van der Waals surface area contributed by atoms with Gasteiger partial charge in [-0.1, -0.05) is 23.2 Å². The maximum absolute atomic E-state index is 9.87. The van der Waals surface area contributed by atoms with Crippen molar-refractivity contribution in [2.45, 2.75) is 18.9 Å². The van der Waals surface area contributed by atoms with Gasteiger partial charge in [-0.15, -0.1) is 0 Å². The van der Waals surface area contributed by atoms with E-state index in [9.17, 15) is 5.11 Å². The first kappa shape index (κ1) is 11.8. The number of rotatable bonds is 1. The van der Waals surface area contributed by atoms with E-state index in [0.717, 1.165) is 0 Å². The molecular weight excluding hydrogens is 249 g/mol. The van der Waals surface area contributed by atoms with E-state index < -0.39 is 5.60 Å². The first-order valence-corrected chi connectivity index (χ1v) is 5.73. The largest absolute Gasteiger partial charge is 0.388 e. The van der Waals surface area contributed by atoms with Gasteiger partial charge in [-0.05, 0) is 19.4 Å². The molecule has 6 heteroatoms. The number of nitrogen functional groups attached to an aromatic ring is 1. The second kappa shape index (κ2) is 3.95. The molecule has 1 aromatic heterocycles. The zero-order valence-electron chi connectivity index (χ0n) is 8.87. The molecule has 16 heavy (non-hydrogen) atoms. The summed E-state index contributed by atoms with van der Waals surface area (Å²) in [5.74, 6) is 0.842. The lowest BCUT2D eigenvalue weighted by atomic mass is 10.1. The number of β-amino-alcohol motifs (C(OH)–C–C–N with tert-alkyl or cyclic N) is 1. The van der Waals surface area contributed by atoms with Gasteiger partial charge in [-0.2, -0.15) is 0 Å². The Balaban J connectivity index is 2.32. The highest BCUT2D eigenvalue weighted by Gasteiger charge is 2.33. The van der Waals surface area contributed by atoms with Gasteiger partial charge in [0.25, 0.3) is 0 Å². The monoisotopic (exact) mass is 261 g/mol. The van der Waals surface area contributed by atoms with Gasteiger partial charge in [0.2, 0.25) is 0 Å². The average Bonchev–Trinajstić information content (AvgIpc) is 2.52. The summed E-state index contributed by atoms with van der Waals surface area (Å²) >= 11 is 11.9. The molecule has 1 unspecified atom stereocenters. The smallest absolute Gasteiger partial charge is 0.150 e. The van der Waals surface area contributed by atoms with Gasteiger partial charge in [0.1, 0.15) is 11.6 Å². The number of pyridine rings is 1. The highest BCUT2D eigenvalue weighted by Crippen LogP contribution is 2.33. The Bertz CT molecular complexity index is 423. The van der Waals surface area contributed by atoms with E-state index in [1.807, 2.05) is 4.90 Å². The third-order valence-corrected chi connectivity index (χ3v) is 3.27. The van der Waals surface area contributed by atoms with Gasteiger partial charge < -0.3 is 15.7 Å². The van der Waals surface area contributed by atoms with Gasteiger partial charge >= 0.3 is 0 Å². The molecule has 1 fully saturated rings. The van der Waals surface area contributed by atoms with E-state index in [2.05, 4.69) is 4.98 Å². The molecule has 0 amide bonds. The Morgan fingerprint density at radius 3 is 2.75 bits per heavy atom. The fourth-order valence-corrected chi connectivity index (χ4v) is 2.30. The molecule has 0 spiro atoms. The molecule has 1 aromatic rings. The highest BCUT2D eigenvalue weighted by molar-refractivity contribution is 6.37. The SMILES string of the molecule is CC1(O)CCN(c2nc(N)c(Cl)cc2Cl)C1. The first-order valence-electron chi connectivity index (χ1n) is 4.98. The molecule has 1 aliphatic heterocycles. The third kappa shape index (κ3) is 2.19. The Kier molecular flexibility index (Phi) is 2.90. The Labute approximate surface area is 104 Å². The maximum Gasteiger partial charge on any atom is 0.150 e. The lowest BCUT2D eigenvalue weighted by Crippen LogP contribution is -2.30. The molecule has 2 rings (SSSR count). The quantitative estimate of drug-likeness (QED) is 0.811. The van der Waals surface area contributed by atoms with Crippen molar-refractivity contribution < 1.29 is 5.11 Å². The average molecular weight is 262 g/mol. The fraction of sp³-hybridized carbons (Fsp3) is 0.500. The summed E-state index contributed by atoms with van der Waals surface area (Å²) in [5, 5.41) is 10.7. The van der Waals surface area contributed by atoms with Crippen LogP contribution in [0.4, 0.5) is 11.6 Å². The summed E-state index contributed by atoms with van der Waals surface area (Å²) in [5.41, 5.74) is 4.94. The molecule has 2 heterocycles. The predicted octanol–water partition coefficient (Wildman–Crippen LogP) is 1.93. The summed E-state index contributed by atoms with van der Waals surface area (Å²) in [6.07, 6.45) is 0.688. The van der Waals surface area contributed by atoms with Gasteiger partial charge in [-0.3, -0.25) is 0 Å². The molecule has 0 aromatic carbocycles. The number of aliphatic hydroxyl groups is 1. The van der Waals surface area contributed by atoms with Crippen molar-refractivity contribution in [2.24, 2.45) is 0 Å². The van der Waals surface area contributed by atoms with Crippen LogP contribution in [0.3, 0.4) is 0 Å². The molecule has 1 saturated heterocycles. The van der Waals surface area contributed by atoms with Crippen LogP contribution in [0.15, 0.2) is 6.07 Å². The van der Waals surface area contributed by atoms with Gasteiger partial charge in [-0.25, -0.2) is 4.98 Å². The topological polar surface area (TPSA) is 62.4 Å². The van der Waals surface area contributed by atoms with E-state index >= 15 is 0 Å². The highest BCUT2D eigenvalue weighted by atomic mass is 35.5. The molecule has 88 valence electrons. The Morgan fingerprint density at radius 1 is 1.50 bits per heavy atom. The number of hydrogen-bond donors (Lipinski definition) is 2. The van der Waals surface area contributed by atoms with Crippen LogP contribution in [0.5, 0.6) is 0 Å². The van der Waals surface area contributed by atoms with Crippen LogP contribution in [-0.2, 0) is 0 Å². The van der Waals surface area contributed by atoms with Crippen molar-refractivity contribution in [3.05, 3.63) is 16.1 Å². The standard InChI is InChI=1S/C10H13Cl2N3O/c1-10(16)2-3-15(5-10)9-7(12)4-6(11)8(13)14-9/h4,16H,2-3,5H2,1H3,(H2,13,14). The van der Waals surface area contributed by atoms with Crippen molar-refractivity contribution in [3.63, 3.8) is 0 Å². The summed E-state index contributed by atoms with van der Waals surface area (Å²) in [6.45, 7) is 3.00. The molecule has 0 aliphatic carbocycles. The number of hydrogen-bond acceptors (Lipinski definition) is 4. The van der Waals surface area contributed by atoms with Crippen LogP contribution < -0.4 is 10.6 Å². The van der Waals surface area contributed by atoms with Crippen LogP contribution in [0.1, 0.15) is 13.3 Å². The number of aromatic nitrogens is 1. The molecule has 0 radical (unpaired) electrons. The van der Waals surface area contributed by atoms with E-state index in [0.29, 0.717) is 35.4 Å². The summed E-state index contributed by atoms with van der Waals surface area (Å²) in [4.78, 5) is 6.06. The minimum absolute atomic E-state index is 0.257. The summed E-state index contributed by atoms with van der Waals surface area (Å²) in [7, 11) is 0. The minimum atomic E-state index is -0.695. The molecule has 1 atom stereocenters. The Hall–Kier alpha value is -0.710. The zero-order chi connectivity index (χ0) is 11.9. The van der Waals surface area contributed by atoms with Gasteiger partial charge in [0, 0.05) is 13.1 Å². The van der Waals surface area contributed by atoms with E-state index in [1.165, 1.54) is 0 Å². The van der Waals surface area contributed by atoms with Crippen molar-refractivity contribution in [1.29, 1.82) is 0 Å². The van der Waals surface area contributed by atoms with Crippen LogP contribution in [0.2, 0.25) is 10.0 Å². The van der Waals surface area contributed by atoms with Gasteiger partial charge in [0.05, 0.1) is 15.6 Å². The Morgan fingerprint density at radius 2 is 2.19 bits per heavy atom. The van der Waals surface area contributed by atoms with Gasteiger partial charge in [0.15, 0.2) is 0 Å². The molecule has 3 N–H and O–H groups in total. The maximum atomic E-state index is 9.87. The summed E-state index contributed by atoms with van der Waals surface area (Å²) < 4.78 is 0. The molecule has 4 nitrogen and oxygen atoms in total. The number of halogens is 2. The number of nitrogens with two attached hydrogens (primary N) is 1. The lowest BCUT2D eigenvalue weighted by Gasteiger charge is -2.21. The minimum Gasteiger partial charge on any atom is -0.388 e. The van der Waals surface area contributed by atoms with Crippen LogP contribution in [0, 0.1) is 0 Å². The van der Waals surface area contributed by atoms with E-state index in [4.69, 9.17) is 28.9 Å². The molecule has 1 aliphatic rings. The molecular formula is C10H13Cl2N3O. The number of nitrogens with zero attached hydrogens (tertiary/aromatic N) is 2. The second-order valence-corrected chi connectivity index (χ2v) is 5.14. The van der Waals surface area contributed by atoms with Crippen LogP contribution >= 0.6 is 23.2 Å². The normalized spacial score (nSPS) is 25.1. The second-order valence-electron chi connectivity index (χ2n) is 4.33. The number of anilines is 2. The van der Waals surface area contributed by atoms with Crippen LogP contribution in [0.25, 0.3) is 0 Å². The van der Waals surface area contributed by atoms with E-state index in [1.54, 1.807) is 13.0 Å². The van der Waals surface area contributed by atoms with Crippen molar-refractivity contribution >= 4 is 34.8 Å². The van der Waals surface area contributed by atoms with Crippen LogP contribution in [-0.4, -0.2) is 28.8 Å². The first-order chi connectivity index (χ1) is 7.39. The lowest BCUT2D eigenvalue weighted by molar-refractivity contribution is 0.0839. The van der Waals surface area contributed by atoms with E-state index in [-0.39, 0.29) is 5.82 Å². The van der Waals surface area contributed by atoms with Crippen molar-refractivity contribution in [1.82, 2.24) is 4.98 Å². The molecule has 0 bridgehead atoms. The predicted molar refractivity (Wildman–Crippen MR) is 66.1 cm³/mol. The zero-order valence-corrected chi connectivity index (χ0v) is 10.4. The summed E-state index contributed by atoms with van der Waals surface area (Å²) in [6, 6.07) is 1.58.